The Morgan fingerprint density at radius 1 is 1.08 bits per heavy atom. The molecule has 146 valence electrons. The second-order valence-electron chi connectivity index (χ2n) is 6.91. The minimum Gasteiger partial charge on any atom is -0.314 e. The molecule has 0 aromatic heterocycles. The van der Waals surface area contributed by atoms with Gasteiger partial charge in [0.2, 0.25) is 0 Å². The van der Waals surface area contributed by atoms with Crippen molar-refractivity contribution in [3.05, 3.63) is 34.1 Å². The van der Waals surface area contributed by atoms with Crippen LogP contribution in [0.15, 0.2) is 12.1 Å². The van der Waals surface area contributed by atoms with E-state index >= 15 is 0 Å². The third kappa shape index (κ3) is 5.86. The molecule has 0 bridgehead atoms. The second kappa shape index (κ2) is 9.09. The van der Waals surface area contributed by atoms with E-state index in [1.54, 1.807) is 0 Å². The van der Waals surface area contributed by atoms with Crippen molar-refractivity contribution in [1.82, 2.24) is 10.2 Å². The molecule has 1 aromatic rings. The van der Waals surface area contributed by atoms with Crippen molar-refractivity contribution in [2.45, 2.75) is 33.0 Å². The molecule has 1 aliphatic rings. The summed E-state index contributed by atoms with van der Waals surface area (Å²) in [6, 6.07) is 1.07. The lowest BCUT2D eigenvalue weighted by molar-refractivity contribution is -0.137. The van der Waals surface area contributed by atoms with Gasteiger partial charge in [0.05, 0.1) is 10.6 Å². The maximum absolute atomic E-state index is 14.6. The Morgan fingerprint density at radius 2 is 1.60 bits per heavy atom. The predicted molar refractivity (Wildman–Crippen MR) is 97.5 cm³/mol. The van der Waals surface area contributed by atoms with Crippen molar-refractivity contribution < 1.29 is 17.6 Å². The van der Waals surface area contributed by atoms with E-state index in [1.165, 1.54) is 0 Å². The smallest absolute Gasteiger partial charge is 0.314 e. The third-order valence-corrected chi connectivity index (χ3v) is 4.29. The maximum Gasteiger partial charge on any atom is 0.416 e. The number of hydrogen-bond acceptors (Lipinski definition) is 2. The standard InChI is InChI=1S/C16H21ClF4N2.2ClH/c1-15(2,3)14(23-6-4-22-5-7-23)11-8-10(16(19,20)21)9-12(17)13(11)18;;/h8-9,14,22H,4-7H2,1-3H3;2*1H/t14-;;/m1../s1. The summed E-state index contributed by atoms with van der Waals surface area (Å²) < 4.78 is 53.8. The van der Waals surface area contributed by atoms with Gasteiger partial charge in [-0.25, -0.2) is 4.39 Å². The average Bonchev–Trinajstić information content (AvgIpc) is 2.42. The van der Waals surface area contributed by atoms with Crippen molar-refractivity contribution in [1.29, 1.82) is 0 Å². The second-order valence-corrected chi connectivity index (χ2v) is 7.32. The first-order valence-corrected chi connectivity index (χ1v) is 7.90. The lowest BCUT2D eigenvalue weighted by atomic mass is 9.80. The topological polar surface area (TPSA) is 15.3 Å². The van der Waals surface area contributed by atoms with Crippen LogP contribution in [0.3, 0.4) is 0 Å². The van der Waals surface area contributed by atoms with E-state index in [1.807, 2.05) is 25.7 Å². The first-order chi connectivity index (χ1) is 10.5. The number of nitrogens with one attached hydrogen (secondary N) is 1. The van der Waals surface area contributed by atoms with Crippen molar-refractivity contribution in [2.75, 3.05) is 26.2 Å². The van der Waals surface area contributed by atoms with Crippen LogP contribution in [0.25, 0.3) is 0 Å². The number of piperazine rings is 1. The van der Waals surface area contributed by atoms with Gasteiger partial charge in [-0.1, -0.05) is 32.4 Å². The summed E-state index contributed by atoms with van der Waals surface area (Å²) in [7, 11) is 0. The fourth-order valence-electron chi connectivity index (χ4n) is 3.12. The molecule has 1 fully saturated rings. The van der Waals surface area contributed by atoms with Crippen LogP contribution in [-0.2, 0) is 6.18 Å². The van der Waals surface area contributed by atoms with E-state index in [0.29, 0.717) is 19.2 Å². The Hall–Kier alpha value is -0.270. The van der Waals surface area contributed by atoms with Gasteiger partial charge in [0.25, 0.3) is 0 Å². The van der Waals surface area contributed by atoms with Crippen LogP contribution < -0.4 is 5.32 Å². The van der Waals surface area contributed by atoms with E-state index < -0.39 is 34.0 Å². The monoisotopic (exact) mass is 424 g/mol. The molecule has 0 spiro atoms. The zero-order valence-electron chi connectivity index (χ0n) is 14.2. The highest BCUT2D eigenvalue weighted by Crippen LogP contribution is 2.43. The van der Waals surface area contributed by atoms with Gasteiger partial charge >= 0.3 is 6.18 Å². The maximum atomic E-state index is 14.6. The highest BCUT2D eigenvalue weighted by atomic mass is 35.5. The Labute approximate surface area is 163 Å². The summed E-state index contributed by atoms with van der Waals surface area (Å²) in [5.41, 5.74) is -1.34. The van der Waals surface area contributed by atoms with Crippen molar-refractivity contribution in [3.8, 4) is 0 Å². The van der Waals surface area contributed by atoms with Crippen molar-refractivity contribution in [3.63, 3.8) is 0 Å². The SMILES string of the molecule is CC(C)(C)[C@@H](c1cc(C(F)(F)F)cc(Cl)c1F)N1CCNCC1.Cl.Cl. The zero-order chi connectivity index (χ0) is 17.4. The summed E-state index contributed by atoms with van der Waals surface area (Å²) in [6.45, 7) is 8.43. The van der Waals surface area contributed by atoms with Gasteiger partial charge in [-0.05, 0) is 17.5 Å². The van der Waals surface area contributed by atoms with Gasteiger partial charge in [0.15, 0.2) is 0 Å². The van der Waals surface area contributed by atoms with Gasteiger partial charge in [0.1, 0.15) is 5.82 Å². The molecular weight excluding hydrogens is 403 g/mol. The average molecular weight is 426 g/mol. The molecule has 1 saturated heterocycles. The Balaban J connectivity index is 0.00000288. The molecule has 1 N–H and O–H groups in total. The Morgan fingerprint density at radius 3 is 2.04 bits per heavy atom. The molecular formula is C16H23Cl3F4N2. The first-order valence-electron chi connectivity index (χ1n) is 7.52. The van der Waals surface area contributed by atoms with E-state index in [9.17, 15) is 17.6 Å². The Bertz CT molecular complexity index is 568. The van der Waals surface area contributed by atoms with Crippen molar-refractivity contribution >= 4 is 36.4 Å². The van der Waals surface area contributed by atoms with Crippen LogP contribution in [0, 0.1) is 11.2 Å². The highest BCUT2D eigenvalue weighted by Gasteiger charge is 2.38. The normalized spacial score (nSPS) is 17.4. The molecule has 25 heavy (non-hydrogen) atoms. The molecule has 0 saturated carbocycles. The van der Waals surface area contributed by atoms with Gasteiger partial charge in [-0.15, -0.1) is 24.8 Å². The third-order valence-electron chi connectivity index (χ3n) is 4.02. The quantitative estimate of drug-likeness (QED) is 0.644. The van der Waals surface area contributed by atoms with Crippen LogP contribution in [0.2, 0.25) is 5.02 Å². The zero-order valence-corrected chi connectivity index (χ0v) is 16.6. The number of halogens is 7. The lowest BCUT2D eigenvalue weighted by Crippen LogP contribution is -2.48. The van der Waals surface area contributed by atoms with Crippen LogP contribution in [0.4, 0.5) is 17.6 Å². The molecule has 0 radical (unpaired) electrons. The van der Waals surface area contributed by atoms with Gasteiger partial charge in [0, 0.05) is 37.8 Å². The van der Waals surface area contributed by atoms with Crippen LogP contribution in [0.5, 0.6) is 0 Å². The van der Waals surface area contributed by atoms with E-state index in [2.05, 4.69) is 5.32 Å². The molecule has 1 aromatic carbocycles. The summed E-state index contributed by atoms with van der Waals surface area (Å²) in [5, 5.41) is 2.71. The molecule has 0 unspecified atom stereocenters. The van der Waals surface area contributed by atoms with Crippen LogP contribution in [-0.4, -0.2) is 31.1 Å². The first kappa shape index (κ1) is 24.7. The molecule has 1 heterocycles. The van der Waals surface area contributed by atoms with E-state index in [0.717, 1.165) is 19.2 Å². The molecule has 2 nitrogen and oxygen atoms in total. The molecule has 2 rings (SSSR count). The largest absolute Gasteiger partial charge is 0.416 e. The molecule has 0 aliphatic carbocycles. The number of hydrogen-bond donors (Lipinski definition) is 1. The fourth-order valence-corrected chi connectivity index (χ4v) is 3.35. The van der Waals surface area contributed by atoms with Crippen LogP contribution >= 0.6 is 36.4 Å². The lowest BCUT2D eigenvalue weighted by Gasteiger charge is -2.43. The van der Waals surface area contributed by atoms with Crippen LogP contribution in [0.1, 0.15) is 37.9 Å². The number of nitrogens with zero attached hydrogens (tertiary/aromatic N) is 1. The summed E-state index contributed by atoms with van der Waals surface area (Å²) in [4.78, 5) is 2.02. The number of benzene rings is 1. The molecule has 9 heteroatoms. The molecule has 1 atom stereocenters. The minimum absolute atomic E-state index is 0. The number of rotatable bonds is 2. The van der Waals surface area contributed by atoms with E-state index in [-0.39, 0.29) is 30.4 Å². The van der Waals surface area contributed by atoms with Gasteiger partial charge in [-0.3, -0.25) is 4.90 Å². The summed E-state index contributed by atoms with van der Waals surface area (Å²) in [6.07, 6.45) is -4.56. The van der Waals surface area contributed by atoms with Crippen molar-refractivity contribution in [2.24, 2.45) is 5.41 Å². The highest BCUT2D eigenvalue weighted by molar-refractivity contribution is 6.30. The summed E-state index contributed by atoms with van der Waals surface area (Å²) in [5.74, 6) is -0.766. The van der Waals surface area contributed by atoms with Gasteiger partial charge < -0.3 is 5.32 Å². The van der Waals surface area contributed by atoms with Gasteiger partial charge in [-0.2, -0.15) is 13.2 Å². The van der Waals surface area contributed by atoms with E-state index in [4.69, 9.17) is 11.6 Å². The predicted octanol–water partition coefficient (Wildman–Crippen LogP) is 5.33. The summed E-state index contributed by atoms with van der Waals surface area (Å²) >= 11 is 5.75. The molecule has 0 amide bonds. The fraction of sp³-hybridized carbons (Fsp3) is 0.625. The molecule has 1 aliphatic heterocycles. The minimum atomic E-state index is -4.56. The number of alkyl halides is 3. The Kier molecular flexibility index (Phi) is 8.99.